The third-order valence-electron chi connectivity index (χ3n) is 7.85. The molecule has 3 aromatic rings. The highest BCUT2D eigenvalue weighted by molar-refractivity contribution is 7.19. The lowest BCUT2D eigenvalue weighted by atomic mass is 9.91. The number of benzene rings is 1. The predicted molar refractivity (Wildman–Crippen MR) is 140 cm³/mol. The first-order chi connectivity index (χ1) is 16.7. The number of aryl methyl sites for hydroxylation is 1. The molecule has 1 fully saturated rings. The molecule has 5 nitrogen and oxygen atoms in total. The topological polar surface area (TPSA) is 47.5 Å². The lowest BCUT2D eigenvalue weighted by Crippen LogP contribution is -2.37. The van der Waals surface area contributed by atoms with E-state index in [0.717, 1.165) is 42.2 Å². The fourth-order valence-corrected chi connectivity index (χ4v) is 7.18. The summed E-state index contributed by atoms with van der Waals surface area (Å²) in [6.07, 6.45) is 13.0. The van der Waals surface area contributed by atoms with Gasteiger partial charge in [0.05, 0.1) is 18.6 Å². The predicted octanol–water partition coefficient (Wildman–Crippen LogP) is 6.88. The van der Waals surface area contributed by atoms with Crippen LogP contribution in [-0.4, -0.2) is 36.3 Å². The Hall–Kier alpha value is -2.18. The maximum atomic E-state index is 5.79. The molecule has 182 valence electrons. The van der Waals surface area contributed by atoms with E-state index in [9.17, 15) is 0 Å². The van der Waals surface area contributed by atoms with E-state index in [0.29, 0.717) is 18.1 Å². The van der Waals surface area contributed by atoms with Gasteiger partial charge in [-0.05, 0) is 67.7 Å². The molecule has 0 spiro atoms. The number of hydrogen-bond acceptors (Lipinski definition) is 6. The molecule has 0 saturated heterocycles. The molecule has 0 aliphatic heterocycles. The zero-order valence-corrected chi connectivity index (χ0v) is 21.6. The van der Waals surface area contributed by atoms with Crippen LogP contribution >= 0.6 is 11.3 Å². The van der Waals surface area contributed by atoms with E-state index in [-0.39, 0.29) is 0 Å². The minimum absolute atomic E-state index is 0.313. The lowest BCUT2D eigenvalue weighted by molar-refractivity contribution is 0.0858. The number of aromatic nitrogens is 2. The average molecular weight is 480 g/mol. The van der Waals surface area contributed by atoms with Crippen LogP contribution in [0.15, 0.2) is 30.6 Å². The van der Waals surface area contributed by atoms with E-state index < -0.39 is 0 Å². The van der Waals surface area contributed by atoms with Crippen LogP contribution in [0.2, 0.25) is 0 Å². The molecule has 2 atom stereocenters. The Morgan fingerprint density at radius 2 is 1.85 bits per heavy atom. The van der Waals surface area contributed by atoms with Gasteiger partial charge in [0, 0.05) is 24.6 Å². The molecule has 0 amide bonds. The van der Waals surface area contributed by atoms with Gasteiger partial charge in [-0.1, -0.05) is 38.3 Å². The van der Waals surface area contributed by atoms with Crippen LogP contribution in [0, 0.1) is 0 Å². The van der Waals surface area contributed by atoms with Crippen LogP contribution in [0.5, 0.6) is 5.75 Å². The smallest absolute Gasteiger partial charge is 0.141 e. The van der Waals surface area contributed by atoms with Crippen molar-refractivity contribution in [2.75, 3.05) is 19.1 Å². The maximum absolute atomic E-state index is 5.79. The van der Waals surface area contributed by atoms with Crippen LogP contribution in [0.1, 0.15) is 80.2 Å². The van der Waals surface area contributed by atoms with Crippen molar-refractivity contribution in [3.8, 4) is 5.75 Å². The first kappa shape index (κ1) is 23.6. The van der Waals surface area contributed by atoms with Crippen LogP contribution in [-0.2, 0) is 17.7 Å². The van der Waals surface area contributed by atoms with Crippen molar-refractivity contribution in [3.05, 3.63) is 46.6 Å². The second-order valence-corrected chi connectivity index (χ2v) is 10.9. The van der Waals surface area contributed by atoms with Gasteiger partial charge in [0.2, 0.25) is 0 Å². The summed E-state index contributed by atoms with van der Waals surface area (Å²) in [5, 5.41) is 1.31. The fourth-order valence-electron chi connectivity index (χ4n) is 5.95. The Bertz CT molecular complexity index is 1090. The SMILES string of the molecule is CCC(C[C@H]1CCc2sc3ncnc(N(Cc4ccc(OC)cc4)C4CCCCC4)c3c21)OC. The molecule has 1 aromatic carbocycles. The van der Waals surface area contributed by atoms with Gasteiger partial charge in [0.1, 0.15) is 22.7 Å². The van der Waals surface area contributed by atoms with Crippen LogP contribution in [0.4, 0.5) is 5.82 Å². The van der Waals surface area contributed by atoms with Crippen molar-refractivity contribution < 1.29 is 9.47 Å². The largest absolute Gasteiger partial charge is 0.497 e. The molecule has 5 rings (SSSR count). The molecular formula is C28H37N3O2S. The molecule has 0 radical (unpaired) electrons. The van der Waals surface area contributed by atoms with Crippen LogP contribution in [0.25, 0.3) is 10.2 Å². The van der Waals surface area contributed by atoms with E-state index in [2.05, 4.69) is 36.1 Å². The molecule has 34 heavy (non-hydrogen) atoms. The van der Waals surface area contributed by atoms with Crippen LogP contribution < -0.4 is 9.64 Å². The quantitative estimate of drug-likeness (QED) is 0.335. The molecule has 1 unspecified atom stereocenters. The third kappa shape index (κ3) is 4.67. The standard InChI is InChI=1S/C28H37N3O2S/c1-4-22(32-2)16-20-12-15-24-25(20)26-27(29-18-30-28(26)34-24)31(21-8-6-5-7-9-21)17-19-10-13-23(33-3)14-11-19/h10-11,13-14,18,20-22H,4-9,12,15-17H2,1-3H3/t20-,22?/m1/s1. The normalized spacial score (nSPS) is 19.3. The third-order valence-corrected chi connectivity index (χ3v) is 9.02. The first-order valence-corrected chi connectivity index (χ1v) is 13.7. The van der Waals surface area contributed by atoms with E-state index in [1.165, 1.54) is 59.9 Å². The number of ether oxygens (including phenoxy) is 2. The molecule has 2 aliphatic rings. The zero-order chi connectivity index (χ0) is 23.5. The minimum Gasteiger partial charge on any atom is -0.497 e. The highest BCUT2D eigenvalue weighted by atomic mass is 32.1. The fraction of sp³-hybridized carbons (Fsp3) is 0.571. The summed E-state index contributed by atoms with van der Waals surface area (Å²) >= 11 is 1.89. The molecule has 6 heteroatoms. The van der Waals surface area contributed by atoms with E-state index >= 15 is 0 Å². The summed E-state index contributed by atoms with van der Waals surface area (Å²) in [6, 6.07) is 9.04. The minimum atomic E-state index is 0.313. The molecule has 2 aromatic heterocycles. The second-order valence-electron chi connectivity index (χ2n) is 9.82. The number of rotatable bonds is 9. The highest BCUT2D eigenvalue weighted by Gasteiger charge is 2.33. The Labute approximate surface area is 207 Å². The summed E-state index contributed by atoms with van der Waals surface area (Å²) < 4.78 is 11.2. The number of hydrogen-bond donors (Lipinski definition) is 0. The Balaban J connectivity index is 1.56. The summed E-state index contributed by atoms with van der Waals surface area (Å²) in [4.78, 5) is 15.0. The second kappa shape index (κ2) is 10.6. The molecule has 1 saturated carbocycles. The number of fused-ring (bicyclic) bond motifs is 3. The van der Waals surface area contributed by atoms with Crippen molar-refractivity contribution in [3.63, 3.8) is 0 Å². The Morgan fingerprint density at radius 3 is 2.56 bits per heavy atom. The summed E-state index contributed by atoms with van der Waals surface area (Å²) in [5.74, 6) is 2.58. The Morgan fingerprint density at radius 1 is 1.06 bits per heavy atom. The maximum Gasteiger partial charge on any atom is 0.141 e. The number of methoxy groups -OCH3 is 2. The molecule has 2 aliphatic carbocycles. The number of thiophene rings is 1. The van der Waals surface area contributed by atoms with Gasteiger partial charge in [0.15, 0.2) is 0 Å². The first-order valence-electron chi connectivity index (χ1n) is 12.9. The van der Waals surface area contributed by atoms with Crippen molar-refractivity contribution in [1.82, 2.24) is 9.97 Å². The van der Waals surface area contributed by atoms with Gasteiger partial charge >= 0.3 is 0 Å². The summed E-state index contributed by atoms with van der Waals surface area (Å²) in [7, 11) is 3.57. The molecule has 0 N–H and O–H groups in total. The number of nitrogens with zero attached hydrogens (tertiary/aromatic N) is 3. The Kier molecular flexibility index (Phi) is 7.35. The van der Waals surface area contributed by atoms with E-state index in [4.69, 9.17) is 19.4 Å². The highest BCUT2D eigenvalue weighted by Crippen LogP contribution is 2.48. The van der Waals surface area contributed by atoms with Crippen LogP contribution in [0.3, 0.4) is 0 Å². The molecule has 2 heterocycles. The zero-order valence-electron chi connectivity index (χ0n) is 20.8. The van der Waals surface area contributed by atoms with E-state index in [1.54, 1.807) is 13.4 Å². The lowest BCUT2D eigenvalue weighted by Gasteiger charge is -2.36. The van der Waals surface area contributed by atoms with Crippen molar-refractivity contribution in [1.29, 1.82) is 0 Å². The monoisotopic (exact) mass is 479 g/mol. The molecule has 0 bridgehead atoms. The average Bonchev–Trinajstić information content (AvgIpc) is 3.46. The van der Waals surface area contributed by atoms with Gasteiger partial charge in [-0.15, -0.1) is 11.3 Å². The van der Waals surface area contributed by atoms with Gasteiger partial charge in [-0.2, -0.15) is 0 Å². The van der Waals surface area contributed by atoms with Gasteiger partial charge < -0.3 is 14.4 Å². The van der Waals surface area contributed by atoms with Crippen molar-refractivity contribution in [2.24, 2.45) is 0 Å². The summed E-state index contributed by atoms with van der Waals surface area (Å²) in [5.41, 5.74) is 2.81. The summed E-state index contributed by atoms with van der Waals surface area (Å²) in [6.45, 7) is 3.09. The van der Waals surface area contributed by atoms with Gasteiger partial charge in [-0.25, -0.2) is 9.97 Å². The number of anilines is 1. The van der Waals surface area contributed by atoms with Gasteiger partial charge in [-0.3, -0.25) is 0 Å². The van der Waals surface area contributed by atoms with E-state index in [1.807, 2.05) is 18.4 Å². The molecular weight excluding hydrogens is 442 g/mol. The van der Waals surface area contributed by atoms with Crippen molar-refractivity contribution >= 4 is 27.4 Å². The van der Waals surface area contributed by atoms with Gasteiger partial charge in [0.25, 0.3) is 0 Å². The van der Waals surface area contributed by atoms with Crippen molar-refractivity contribution in [2.45, 2.75) is 89.3 Å².